The number of carbonyl (C=O) groups is 1. The van der Waals surface area contributed by atoms with Crippen molar-refractivity contribution in [1.82, 2.24) is 10.2 Å². The van der Waals surface area contributed by atoms with Gasteiger partial charge >= 0.3 is 5.97 Å². The van der Waals surface area contributed by atoms with E-state index in [4.69, 9.17) is 4.74 Å². The number of likely N-dealkylation sites (tertiary alicyclic amines) is 1. The average Bonchev–Trinajstić information content (AvgIpc) is 2.29. The van der Waals surface area contributed by atoms with Crippen LogP contribution in [0.3, 0.4) is 0 Å². The number of rotatable bonds is 5. The van der Waals surface area contributed by atoms with Crippen LogP contribution in [0, 0.1) is 0 Å². The van der Waals surface area contributed by atoms with Crippen LogP contribution in [0.5, 0.6) is 0 Å². The second kappa shape index (κ2) is 7.45. The van der Waals surface area contributed by atoms with Crippen molar-refractivity contribution in [2.45, 2.75) is 38.8 Å². The Morgan fingerprint density at radius 3 is 3.00 bits per heavy atom. The van der Waals surface area contributed by atoms with E-state index < -0.39 is 0 Å². The molecular formula is C13H24N2O2. The highest BCUT2D eigenvalue weighted by Gasteiger charge is 2.21. The second-order valence-electron chi connectivity index (χ2n) is 4.61. The molecule has 4 nitrogen and oxygen atoms in total. The van der Waals surface area contributed by atoms with Crippen molar-refractivity contribution in [3.05, 3.63) is 12.2 Å². The number of esters is 1. The van der Waals surface area contributed by atoms with Crippen LogP contribution in [0.15, 0.2) is 12.2 Å². The third-order valence-corrected chi connectivity index (χ3v) is 3.27. The van der Waals surface area contributed by atoms with Crippen molar-refractivity contribution in [3.63, 3.8) is 0 Å². The smallest absolute Gasteiger partial charge is 0.330 e. The fourth-order valence-corrected chi connectivity index (χ4v) is 2.06. The average molecular weight is 240 g/mol. The maximum Gasteiger partial charge on any atom is 0.330 e. The lowest BCUT2D eigenvalue weighted by atomic mass is 9.99. The molecule has 0 saturated carbocycles. The Balaban J connectivity index is 2.16. The molecule has 0 aromatic carbocycles. The van der Waals surface area contributed by atoms with Gasteiger partial charge in [-0.25, -0.2) is 4.79 Å². The maximum atomic E-state index is 11.0. The van der Waals surface area contributed by atoms with Gasteiger partial charge < -0.3 is 15.0 Å². The van der Waals surface area contributed by atoms with Gasteiger partial charge in [-0.15, -0.1) is 0 Å². The molecule has 1 N–H and O–H groups in total. The summed E-state index contributed by atoms with van der Waals surface area (Å²) in [5.41, 5.74) is 0. The highest BCUT2D eigenvalue weighted by molar-refractivity contribution is 5.81. The summed E-state index contributed by atoms with van der Waals surface area (Å²) in [5, 5.41) is 3.45. The van der Waals surface area contributed by atoms with Gasteiger partial charge in [-0.3, -0.25) is 0 Å². The van der Waals surface area contributed by atoms with Gasteiger partial charge in [0.1, 0.15) is 0 Å². The molecule has 1 rings (SSSR count). The summed E-state index contributed by atoms with van der Waals surface area (Å²) in [7, 11) is 2.17. The van der Waals surface area contributed by atoms with E-state index in [0.717, 1.165) is 13.1 Å². The zero-order valence-electron chi connectivity index (χ0n) is 11.1. The summed E-state index contributed by atoms with van der Waals surface area (Å²) in [6.07, 6.45) is 5.67. The Morgan fingerprint density at radius 2 is 2.35 bits per heavy atom. The van der Waals surface area contributed by atoms with Crippen LogP contribution in [0.25, 0.3) is 0 Å². The first-order valence-corrected chi connectivity index (χ1v) is 6.40. The Morgan fingerprint density at radius 1 is 1.59 bits per heavy atom. The highest BCUT2D eigenvalue weighted by Crippen LogP contribution is 2.14. The van der Waals surface area contributed by atoms with Gasteiger partial charge in [0.25, 0.3) is 0 Å². The molecule has 1 saturated heterocycles. The van der Waals surface area contributed by atoms with Gasteiger partial charge in [-0.1, -0.05) is 6.08 Å². The fourth-order valence-electron chi connectivity index (χ4n) is 2.06. The van der Waals surface area contributed by atoms with Gasteiger partial charge in [0.15, 0.2) is 0 Å². The maximum absolute atomic E-state index is 11.0. The van der Waals surface area contributed by atoms with Crippen molar-refractivity contribution < 1.29 is 9.53 Å². The predicted molar refractivity (Wildman–Crippen MR) is 68.9 cm³/mol. The van der Waals surface area contributed by atoms with Crippen molar-refractivity contribution in [1.29, 1.82) is 0 Å². The lowest BCUT2D eigenvalue weighted by Gasteiger charge is -2.35. The van der Waals surface area contributed by atoms with Crippen LogP contribution in [-0.2, 0) is 9.53 Å². The molecule has 0 amide bonds. The minimum Gasteiger partial charge on any atom is -0.463 e. The van der Waals surface area contributed by atoms with Crippen LogP contribution in [-0.4, -0.2) is 49.7 Å². The number of nitrogens with one attached hydrogen (secondary N) is 1. The van der Waals surface area contributed by atoms with Crippen LogP contribution >= 0.6 is 0 Å². The standard InChI is InChI=1S/C13H24N2O2/c1-4-17-13(16)6-5-8-14-12-7-9-15(3)11(2)10-12/h5-6,11-12,14H,4,7-10H2,1-3H3/b6-5+. The van der Waals surface area contributed by atoms with Crippen molar-refractivity contribution in [3.8, 4) is 0 Å². The third kappa shape index (κ3) is 5.33. The van der Waals surface area contributed by atoms with E-state index in [1.807, 2.05) is 13.0 Å². The number of piperidine rings is 1. The highest BCUT2D eigenvalue weighted by atomic mass is 16.5. The third-order valence-electron chi connectivity index (χ3n) is 3.27. The molecule has 0 radical (unpaired) electrons. The van der Waals surface area contributed by atoms with Crippen LogP contribution in [0.2, 0.25) is 0 Å². The van der Waals surface area contributed by atoms with Crippen LogP contribution in [0.4, 0.5) is 0 Å². The monoisotopic (exact) mass is 240 g/mol. The SMILES string of the molecule is CCOC(=O)/C=C/CNC1CCN(C)C(C)C1. The molecule has 1 aliphatic heterocycles. The summed E-state index contributed by atoms with van der Waals surface area (Å²) < 4.78 is 4.80. The number of nitrogens with zero attached hydrogens (tertiary/aromatic N) is 1. The Kier molecular flexibility index (Phi) is 6.22. The second-order valence-corrected chi connectivity index (χ2v) is 4.61. The molecular weight excluding hydrogens is 216 g/mol. The largest absolute Gasteiger partial charge is 0.463 e. The van der Waals surface area contributed by atoms with Gasteiger partial charge in [0, 0.05) is 24.7 Å². The van der Waals surface area contributed by atoms with Crippen LogP contribution < -0.4 is 5.32 Å². The van der Waals surface area contributed by atoms with E-state index in [2.05, 4.69) is 24.2 Å². The van der Waals surface area contributed by atoms with E-state index >= 15 is 0 Å². The summed E-state index contributed by atoms with van der Waals surface area (Å²) in [6, 6.07) is 1.20. The van der Waals surface area contributed by atoms with E-state index in [9.17, 15) is 4.79 Å². The minimum absolute atomic E-state index is 0.258. The lowest BCUT2D eigenvalue weighted by molar-refractivity contribution is -0.137. The first kappa shape index (κ1) is 14.2. The molecule has 4 heteroatoms. The first-order chi connectivity index (χ1) is 8.13. The molecule has 98 valence electrons. The summed E-state index contributed by atoms with van der Waals surface area (Å²) >= 11 is 0. The molecule has 0 spiro atoms. The minimum atomic E-state index is -0.258. The summed E-state index contributed by atoms with van der Waals surface area (Å²) in [5.74, 6) is -0.258. The van der Waals surface area contributed by atoms with Gasteiger partial charge in [-0.2, -0.15) is 0 Å². The predicted octanol–water partition coefficient (Wildman–Crippen LogP) is 1.18. The normalized spacial score (nSPS) is 26.3. The Labute approximate surface area is 104 Å². The summed E-state index contributed by atoms with van der Waals surface area (Å²) in [4.78, 5) is 13.4. The van der Waals surface area contributed by atoms with E-state index in [-0.39, 0.29) is 5.97 Å². The molecule has 0 bridgehead atoms. The molecule has 1 heterocycles. The van der Waals surface area contributed by atoms with Crippen molar-refractivity contribution >= 4 is 5.97 Å². The van der Waals surface area contributed by atoms with Crippen LogP contribution in [0.1, 0.15) is 26.7 Å². The summed E-state index contributed by atoms with van der Waals surface area (Å²) in [6.45, 7) is 6.37. The zero-order chi connectivity index (χ0) is 12.7. The Hall–Kier alpha value is -0.870. The molecule has 17 heavy (non-hydrogen) atoms. The van der Waals surface area contributed by atoms with Crippen molar-refractivity contribution in [2.75, 3.05) is 26.7 Å². The molecule has 1 aliphatic rings. The lowest BCUT2D eigenvalue weighted by Crippen LogP contribution is -2.45. The van der Waals surface area contributed by atoms with Crippen molar-refractivity contribution in [2.24, 2.45) is 0 Å². The van der Waals surface area contributed by atoms with E-state index in [1.165, 1.54) is 18.9 Å². The van der Waals surface area contributed by atoms with E-state index in [0.29, 0.717) is 18.7 Å². The van der Waals surface area contributed by atoms with Gasteiger partial charge in [-0.05, 0) is 40.3 Å². The van der Waals surface area contributed by atoms with E-state index in [1.54, 1.807) is 0 Å². The fraction of sp³-hybridized carbons (Fsp3) is 0.769. The topological polar surface area (TPSA) is 41.6 Å². The number of hydrogen-bond donors (Lipinski definition) is 1. The molecule has 2 unspecified atom stereocenters. The number of carbonyl (C=O) groups excluding carboxylic acids is 1. The zero-order valence-corrected chi connectivity index (χ0v) is 11.1. The number of ether oxygens (including phenoxy) is 1. The van der Waals surface area contributed by atoms with Gasteiger partial charge in [0.05, 0.1) is 6.61 Å². The molecule has 2 atom stereocenters. The van der Waals surface area contributed by atoms with Gasteiger partial charge in [0.2, 0.25) is 0 Å². The first-order valence-electron chi connectivity index (χ1n) is 6.40. The quantitative estimate of drug-likeness (QED) is 0.579. The molecule has 0 aromatic heterocycles. The molecule has 0 aromatic rings. The Bertz CT molecular complexity index is 266. The molecule has 0 aliphatic carbocycles. The number of hydrogen-bond acceptors (Lipinski definition) is 4. The molecule has 1 fully saturated rings.